The van der Waals surface area contributed by atoms with Gasteiger partial charge in [0.05, 0.1) is 18.5 Å². The fraction of sp³-hybridized carbons (Fsp3) is 0.318. The molecule has 29 heavy (non-hydrogen) atoms. The van der Waals surface area contributed by atoms with E-state index < -0.39 is 0 Å². The van der Waals surface area contributed by atoms with Crippen molar-refractivity contribution in [2.24, 2.45) is 0 Å². The average molecular weight is 412 g/mol. The molecule has 0 amide bonds. The first-order valence-electron chi connectivity index (χ1n) is 9.72. The van der Waals surface area contributed by atoms with Crippen molar-refractivity contribution in [3.8, 4) is 39.1 Å². The highest BCUT2D eigenvalue weighted by molar-refractivity contribution is 7.13. The second-order valence-corrected chi connectivity index (χ2v) is 7.91. The van der Waals surface area contributed by atoms with Crippen molar-refractivity contribution >= 4 is 17.0 Å². The minimum absolute atomic E-state index is 0.131. The summed E-state index contributed by atoms with van der Waals surface area (Å²) in [5.41, 5.74) is 3.79. The lowest BCUT2D eigenvalue weighted by atomic mass is 10.1. The van der Waals surface area contributed by atoms with E-state index in [1.807, 2.05) is 17.5 Å². The van der Waals surface area contributed by atoms with Crippen molar-refractivity contribution in [2.75, 3.05) is 44.7 Å². The Balaban J connectivity index is 1.62. The van der Waals surface area contributed by atoms with Crippen LogP contribution in [0.1, 0.15) is 6.92 Å². The van der Waals surface area contributed by atoms with Crippen LogP contribution < -0.4 is 9.64 Å². The molecule has 1 aliphatic rings. The number of benzene rings is 2. The summed E-state index contributed by atoms with van der Waals surface area (Å²) in [4.78, 5) is 9.57. The number of rotatable bonds is 5. The van der Waals surface area contributed by atoms with E-state index in [0.717, 1.165) is 66.0 Å². The number of aromatic hydroxyl groups is 2. The molecular weight excluding hydrogens is 386 g/mol. The molecule has 2 aromatic carbocycles. The smallest absolute Gasteiger partial charge is 0.158 e. The maximum atomic E-state index is 9.76. The van der Waals surface area contributed by atoms with Crippen LogP contribution in [0.25, 0.3) is 21.8 Å². The number of methoxy groups -OCH3 is 1. The molecule has 3 aromatic rings. The topological polar surface area (TPSA) is 69.1 Å². The van der Waals surface area contributed by atoms with Gasteiger partial charge in [0, 0.05) is 42.7 Å². The van der Waals surface area contributed by atoms with Crippen LogP contribution in [0, 0.1) is 0 Å². The largest absolute Gasteiger partial charge is 0.504 e. The Morgan fingerprint density at radius 1 is 1.00 bits per heavy atom. The van der Waals surface area contributed by atoms with Gasteiger partial charge >= 0.3 is 0 Å². The van der Waals surface area contributed by atoms with Crippen LogP contribution in [0.3, 0.4) is 0 Å². The van der Waals surface area contributed by atoms with Crippen molar-refractivity contribution in [2.45, 2.75) is 6.92 Å². The van der Waals surface area contributed by atoms with E-state index in [2.05, 4.69) is 22.8 Å². The molecule has 0 radical (unpaired) electrons. The quantitative estimate of drug-likeness (QED) is 0.618. The minimum atomic E-state index is -0.141. The number of likely N-dealkylation sites (N-methyl/N-ethyl adjacent to an activating group) is 1. The molecule has 7 heteroatoms. The summed E-state index contributed by atoms with van der Waals surface area (Å²) in [6.07, 6.45) is 0. The number of phenols is 2. The molecule has 0 saturated carbocycles. The number of nitrogens with zero attached hydrogens (tertiary/aromatic N) is 3. The van der Waals surface area contributed by atoms with Crippen LogP contribution in [0.4, 0.5) is 5.69 Å². The Morgan fingerprint density at radius 3 is 2.45 bits per heavy atom. The van der Waals surface area contributed by atoms with E-state index in [-0.39, 0.29) is 11.5 Å². The lowest BCUT2D eigenvalue weighted by Gasteiger charge is -2.36. The second-order valence-electron chi connectivity index (χ2n) is 7.05. The Labute approximate surface area is 174 Å². The molecule has 2 heterocycles. The number of hydrogen-bond donors (Lipinski definition) is 2. The first kappa shape index (κ1) is 19.5. The van der Waals surface area contributed by atoms with Crippen molar-refractivity contribution in [1.29, 1.82) is 0 Å². The highest BCUT2D eigenvalue weighted by Gasteiger charge is 2.20. The normalized spacial score (nSPS) is 14.9. The first-order chi connectivity index (χ1) is 14.1. The molecule has 4 rings (SSSR count). The molecule has 6 nitrogen and oxygen atoms in total. The first-order valence-corrected chi connectivity index (χ1v) is 10.6. The third-order valence-electron chi connectivity index (χ3n) is 5.36. The molecule has 1 fully saturated rings. The lowest BCUT2D eigenvalue weighted by molar-refractivity contribution is 0.270. The van der Waals surface area contributed by atoms with Crippen LogP contribution in [0.15, 0.2) is 41.8 Å². The highest BCUT2D eigenvalue weighted by Crippen LogP contribution is 2.37. The van der Waals surface area contributed by atoms with Crippen molar-refractivity contribution in [3.63, 3.8) is 0 Å². The molecule has 1 aromatic heterocycles. The van der Waals surface area contributed by atoms with Crippen LogP contribution in [0.2, 0.25) is 0 Å². The van der Waals surface area contributed by atoms with Gasteiger partial charge in [-0.1, -0.05) is 6.92 Å². The van der Waals surface area contributed by atoms with Crippen LogP contribution in [0.5, 0.6) is 17.2 Å². The predicted octanol–water partition coefficient (Wildman–Crippen LogP) is 4.04. The summed E-state index contributed by atoms with van der Waals surface area (Å²) in [7, 11) is 1.71. The SMILES string of the molecule is CCN1CCN(c2cc(-c3csc(-c4ccc(O)c(O)c4)n3)ccc2OC)CC1. The third-order valence-corrected chi connectivity index (χ3v) is 6.25. The van der Waals surface area contributed by atoms with Gasteiger partial charge in [-0.15, -0.1) is 11.3 Å². The van der Waals surface area contributed by atoms with Gasteiger partial charge in [-0.25, -0.2) is 4.98 Å². The Kier molecular flexibility index (Phi) is 5.60. The van der Waals surface area contributed by atoms with Gasteiger partial charge in [0.1, 0.15) is 10.8 Å². The molecule has 0 spiro atoms. The molecule has 0 atom stereocenters. The molecule has 1 aliphatic heterocycles. The van der Waals surface area contributed by atoms with Gasteiger partial charge < -0.3 is 24.7 Å². The molecule has 0 unspecified atom stereocenters. The fourth-order valence-electron chi connectivity index (χ4n) is 3.60. The van der Waals surface area contributed by atoms with Crippen LogP contribution in [-0.4, -0.2) is 59.9 Å². The van der Waals surface area contributed by atoms with Gasteiger partial charge in [-0.05, 0) is 42.9 Å². The van der Waals surface area contributed by atoms with Gasteiger partial charge in [-0.2, -0.15) is 0 Å². The van der Waals surface area contributed by atoms with Crippen LogP contribution in [-0.2, 0) is 0 Å². The summed E-state index contributed by atoms with van der Waals surface area (Å²) in [6.45, 7) is 7.33. The predicted molar refractivity (Wildman–Crippen MR) is 117 cm³/mol. The Morgan fingerprint density at radius 2 is 1.76 bits per heavy atom. The standard InChI is InChI=1S/C22H25N3O3S/c1-3-24-8-10-25(11-9-24)18-12-15(5-7-21(18)28-2)17-14-29-22(23-17)16-4-6-19(26)20(27)13-16/h4-7,12-14,26-27H,3,8-11H2,1-2H3. The van der Waals surface area contributed by atoms with Gasteiger partial charge in [0.2, 0.25) is 0 Å². The second kappa shape index (κ2) is 8.31. The number of thiazole rings is 1. The Bertz CT molecular complexity index is 997. The fourth-order valence-corrected chi connectivity index (χ4v) is 4.42. The summed E-state index contributed by atoms with van der Waals surface area (Å²) >= 11 is 1.51. The maximum Gasteiger partial charge on any atom is 0.158 e. The van der Waals surface area contributed by atoms with Crippen molar-refractivity contribution < 1.29 is 14.9 Å². The van der Waals surface area contributed by atoms with E-state index in [1.54, 1.807) is 13.2 Å². The van der Waals surface area contributed by atoms with Crippen molar-refractivity contribution in [3.05, 3.63) is 41.8 Å². The third kappa shape index (κ3) is 4.02. The Hall–Kier alpha value is -2.77. The molecular formula is C22H25N3O3S. The average Bonchev–Trinajstić information content (AvgIpc) is 3.25. The molecule has 0 bridgehead atoms. The van der Waals surface area contributed by atoms with Crippen molar-refractivity contribution in [1.82, 2.24) is 9.88 Å². The summed E-state index contributed by atoms with van der Waals surface area (Å²) in [5, 5.41) is 22.1. The molecule has 0 aliphatic carbocycles. The zero-order valence-corrected chi connectivity index (χ0v) is 17.4. The molecule has 152 valence electrons. The summed E-state index contributed by atoms with van der Waals surface area (Å²) in [5.74, 6) is 0.600. The number of piperazine rings is 1. The van der Waals surface area contributed by atoms with Gasteiger partial charge in [0.25, 0.3) is 0 Å². The van der Waals surface area contributed by atoms with E-state index in [4.69, 9.17) is 9.72 Å². The van der Waals surface area contributed by atoms with Gasteiger partial charge in [-0.3, -0.25) is 0 Å². The zero-order chi connectivity index (χ0) is 20.4. The zero-order valence-electron chi connectivity index (χ0n) is 16.6. The highest BCUT2D eigenvalue weighted by atomic mass is 32.1. The number of hydrogen-bond acceptors (Lipinski definition) is 7. The van der Waals surface area contributed by atoms with E-state index in [9.17, 15) is 10.2 Å². The molecule has 1 saturated heterocycles. The number of aromatic nitrogens is 1. The number of phenolic OH excluding ortho intramolecular Hbond substituents is 2. The lowest BCUT2D eigenvalue weighted by Crippen LogP contribution is -2.46. The van der Waals surface area contributed by atoms with Gasteiger partial charge in [0.15, 0.2) is 11.5 Å². The number of anilines is 1. The summed E-state index contributed by atoms with van der Waals surface area (Å²) in [6, 6.07) is 10.9. The maximum absolute atomic E-state index is 9.76. The number of ether oxygens (including phenoxy) is 1. The van der Waals surface area contributed by atoms with Crippen LogP contribution >= 0.6 is 11.3 Å². The van der Waals surface area contributed by atoms with E-state index >= 15 is 0 Å². The molecule has 2 N–H and O–H groups in total. The summed E-state index contributed by atoms with van der Waals surface area (Å²) < 4.78 is 5.62. The minimum Gasteiger partial charge on any atom is -0.504 e. The monoisotopic (exact) mass is 411 g/mol. The van der Waals surface area contributed by atoms with E-state index in [1.165, 1.54) is 23.5 Å². The van der Waals surface area contributed by atoms with E-state index in [0.29, 0.717) is 0 Å².